The molecule has 0 aromatic heterocycles. The molecular weight excluding hydrogens is 268 g/mol. The van der Waals surface area contributed by atoms with E-state index in [9.17, 15) is 0 Å². The Morgan fingerprint density at radius 2 is 1.43 bits per heavy atom. The Hall–Kier alpha value is -0.600. The van der Waals surface area contributed by atoms with Crippen molar-refractivity contribution in [1.82, 2.24) is 0 Å². The van der Waals surface area contributed by atoms with Crippen molar-refractivity contribution in [3.8, 4) is 11.8 Å². The van der Waals surface area contributed by atoms with Crippen LogP contribution >= 0.6 is 0 Å². The largest absolute Gasteiger partial charge is 0.394 e. The van der Waals surface area contributed by atoms with Gasteiger partial charge in [-0.15, -0.1) is 0 Å². The summed E-state index contributed by atoms with van der Waals surface area (Å²) in [5.74, 6) is 6.87. The molecule has 3 atom stereocenters. The van der Waals surface area contributed by atoms with Crippen LogP contribution in [0.2, 0.25) is 0 Å². The standard InChI is InChI=1S/C17H32O4/c1-6-15(3)14-17(5,21-13-11-19)9-8-16(4,7-2)20-12-10-18/h15,18-19H,6-7,10-14H2,1-5H3. The lowest BCUT2D eigenvalue weighted by atomic mass is 9.90. The highest BCUT2D eigenvalue weighted by Gasteiger charge is 2.27. The van der Waals surface area contributed by atoms with E-state index in [1.165, 1.54) is 0 Å². The molecule has 0 spiro atoms. The lowest BCUT2D eigenvalue weighted by Gasteiger charge is -2.28. The molecule has 4 heteroatoms. The Morgan fingerprint density at radius 3 is 1.86 bits per heavy atom. The van der Waals surface area contributed by atoms with Gasteiger partial charge in [-0.05, 0) is 32.6 Å². The van der Waals surface area contributed by atoms with E-state index in [4.69, 9.17) is 19.7 Å². The first-order valence-electron chi connectivity index (χ1n) is 7.88. The Bertz CT molecular complexity index is 333. The van der Waals surface area contributed by atoms with Crippen LogP contribution in [0.15, 0.2) is 0 Å². The van der Waals surface area contributed by atoms with E-state index in [-0.39, 0.29) is 26.4 Å². The summed E-state index contributed by atoms with van der Waals surface area (Å²) >= 11 is 0. The van der Waals surface area contributed by atoms with Gasteiger partial charge >= 0.3 is 0 Å². The van der Waals surface area contributed by atoms with Crippen LogP contribution in [0.1, 0.15) is 53.9 Å². The van der Waals surface area contributed by atoms with Gasteiger partial charge in [0.1, 0.15) is 11.2 Å². The maximum absolute atomic E-state index is 8.99. The van der Waals surface area contributed by atoms with E-state index in [1.54, 1.807) is 0 Å². The van der Waals surface area contributed by atoms with E-state index in [1.807, 2.05) is 20.8 Å². The quantitative estimate of drug-likeness (QED) is 0.608. The van der Waals surface area contributed by atoms with Gasteiger partial charge in [0.15, 0.2) is 0 Å². The highest BCUT2D eigenvalue weighted by atomic mass is 16.5. The van der Waals surface area contributed by atoms with Crippen LogP contribution in [0.25, 0.3) is 0 Å². The summed E-state index contributed by atoms with van der Waals surface area (Å²) in [6.07, 6.45) is 2.61. The third-order valence-corrected chi connectivity index (χ3v) is 3.72. The molecule has 0 rings (SSSR count). The van der Waals surface area contributed by atoms with Crippen LogP contribution in [-0.4, -0.2) is 47.8 Å². The van der Waals surface area contributed by atoms with Crippen LogP contribution in [0.3, 0.4) is 0 Å². The Balaban J connectivity index is 5.04. The van der Waals surface area contributed by atoms with Crippen molar-refractivity contribution < 1.29 is 19.7 Å². The summed E-state index contributed by atoms with van der Waals surface area (Å²) in [7, 11) is 0. The molecule has 0 amide bonds. The van der Waals surface area contributed by atoms with Crippen molar-refractivity contribution in [3.05, 3.63) is 0 Å². The molecule has 0 aliphatic carbocycles. The summed E-state index contributed by atoms with van der Waals surface area (Å²) < 4.78 is 11.4. The third-order valence-electron chi connectivity index (χ3n) is 3.72. The van der Waals surface area contributed by atoms with E-state index in [2.05, 4.69) is 25.7 Å². The van der Waals surface area contributed by atoms with Gasteiger partial charge in [0.25, 0.3) is 0 Å². The summed E-state index contributed by atoms with van der Waals surface area (Å²) in [5.41, 5.74) is -1.17. The lowest BCUT2D eigenvalue weighted by molar-refractivity contribution is -0.0232. The Morgan fingerprint density at radius 1 is 0.952 bits per heavy atom. The topological polar surface area (TPSA) is 58.9 Å². The summed E-state index contributed by atoms with van der Waals surface area (Å²) in [5, 5.41) is 17.9. The van der Waals surface area contributed by atoms with Gasteiger partial charge in [-0.1, -0.05) is 39.0 Å². The van der Waals surface area contributed by atoms with Crippen molar-refractivity contribution in [1.29, 1.82) is 0 Å². The molecule has 3 unspecified atom stereocenters. The van der Waals surface area contributed by atoms with Crippen molar-refractivity contribution in [2.75, 3.05) is 26.4 Å². The van der Waals surface area contributed by atoms with Gasteiger partial charge in [-0.3, -0.25) is 0 Å². The SMILES string of the molecule is CCC(C)CC(C)(C#CC(C)(CC)OCCO)OCCO. The van der Waals surface area contributed by atoms with E-state index < -0.39 is 11.2 Å². The monoisotopic (exact) mass is 300 g/mol. The van der Waals surface area contributed by atoms with Crippen LogP contribution in [0.4, 0.5) is 0 Å². The maximum Gasteiger partial charge on any atom is 0.126 e. The first-order chi connectivity index (χ1) is 9.84. The van der Waals surface area contributed by atoms with Crippen LogP contribution in [0.5, 0.6) is 0 Å². The van der Waals surface area contributed by atoms with Gasteiger partial charge in [0.2, 0.25) is 0 Å². The van der Waals surface area contributed by atoms with Crippen LogP contribution < -0.4 is 0 Å². The zero-order valence-corrected chi connectivity index (χ0v) is 14.2. The molecule has 0 aliphatic heterocycles. The van der Waals surface area contributed by atoms with Gasteiger partial charge in [0.05, 0.1) is 26.4 Å². The zero-order valence-electron chi connectivity index (χ0n) is 14.2. The van der Waals surface area contributed by atoms with Gasteiger partial charge in [-0.2, -0.15) is 0 Å². The molecule has 0 saturated heterocycles. The second kappa shape index (κ2) is 10.2. The fourth-order valence-electron chi connectivity index (χ4n) is 1.99. The fourth-order valence-corrected chi connectivity index (χ4v) is 1.99. The minimum atomic E-state index is -0.586. The van der Waals surface area contributed by atoms with Crippen molar-refractivity contribution >= 4 is 0 Å². The van der Waals surface area contributed by atoms with Crippen molar-refractivity contribution in [2.45, 2.75) is 65.1 Å². The first kappa shape index (κ1) is 20.4. The lowest BCUT2D eigenvalue weighted by Crippen LogP contribution is -2.33. The highest BCUT2D eigenvalue weighted by molar-refractivity contribution is 5.20. The highest BCUT2D eigenvalue weighted by Crippen LogP contribution is 2.23. The summed E-state index contributed by atoms with van der Waals surface area (Å²) in [6.45, 7) is 10.7. The molecule has 0 aromatic carbocycles. The predicted molar refractivity (Wildman–Crippen MR) is 85.0 cm³/mol. The van der Waals surface area contributed by atoms with Crippen LogP contribution in [0, 0.1) is 17.8 Å². The van der Waals surface area contributed by atoms with Gasteiger partial charge < -0.3 is 19.7 Å². The molecule has 0 fully saturated rings. The van der Waals surface area contributed by atoms with E-state index >= 15 is 0 Å². The summed E-state index contributed by atoms with van der Waals surface area (Å²) in [4.78, 5) is 0. The van der Waals surface area contributed by atoms with Crippen molar-refractivity contribution in [3.63, 3.8) is 0 Å². The average Bonchev–Trinajstić information content (AvgIpc) is 2.49. The second-order valence-corrected chi connectivity index (χ2v) is 5.93. The molecule has 0 heterocycles. The van der Waals surface area contributed by atoms with Crippen LogP contribution in [-0.2, 0) is 9.47 Å². The van der Waals surface area contributed by atoms with E-state index in [0.717, 1.165) is 19.3 Å². The Kier molecular flexibility index (Phi) is 9.89. The molecule has 2 N–H and O–H groups in total. The number of ether oxygens (including phenoxy) is 2. The number of aliphatic hydroxyl groups is 2. The smallest absolute Gasteiger partial charge is 0.126 e. The minimum absolute atomic E-state index is 0.0101. The fraction of sp³-hybridized carbons (Fsp3) is 0.882. The minimum Gasteiger partial charge on any atom is -0.394 e. The molecule has 4 nitrogen and oxygen atoms in total. The number of hydrogen-bond donors (Lipinski definition) is 2. The third kappa shape index (κ3) is 8.43. The van der Waals surface area contributed by atoms with Gasteiger partial charge in [-0.25, -0.2) is 0 Å². The average molecular weight is 300 g/mol. The number of aliphatic hydroxyl groups excluding tert-OH is 2. The molecule has 0 radical (unpaired) electrons. The molecule has 124 valence electrons. The molecule has 21 heavy (non-hydrogen) atoms. The molecule has 0 aromatic rings. The molecule has 0 bridgehead atoms. The first-order valence-corrected chi connectivity index (χ1v) is 7.88. The Labute approximate surface area is 129 Å². The number of rotatable bonds is 10. The van der Waals surface area contributed by atoms with Crippen molar-refractivity contribution in [2.24, 2.45) is 5.92 Å². The zero-order chi connectivity index (χ0) is 16.4. The normalized spacial score (nSPS) is 18.2. The molecular formula is C17H32O4. The second-order valence-electron chi connectivity index (χ2n) is 5.93. The predicted octanol–water partition coefficient (Wildman–Crippen LogP) is 2.37. The summed E-state index contributed by atoms with van der Waals surface area (Å²) in [6, 6.07) is 0. The maximum atomic E-state index is 8.99. The van der Waals surface area contributed by atoms with Gasteiger partial charge in [0, 0.05) is 0 Å². The molecule has 0 saturated carbocycles. The number of hydrogen-bond acceptors (Lipinski definition) is 4. The van der Waals surface area contributed by atoms with E-state index in [0.29, 0.717) is 5.92 Å². The molecule has 0 aliphatic rings.